The number of quaternary nitrogens is 1. The van der Waals surface area contributed by atoms with Crippen molar-refractivity contribution in [2.24, 2.45) is 0 Å². The molecule has 0 aliphatic heterocycles. The quantitative estimate of drug-likeness (QED) is 0.350. The molecule has 0 aromatic carbocycles. The molecule has 7 nitrogen and oxygen atoms in total. The Kier molecular flexibility index (Phi) is 10.4. The first-order valence-corrected chi connectivity index (χ1v) is 9.42. The summed E-state index contributed by atoms with van der Waals surface area (Å²) in [6, 6.07) is 0. The largest absolute Gasteiger partial charge is 0.395 e. The van der Waals surface area contributed by atoms with Gasteiger partial charge in [0.1, 0.15) is 0 Å². The van der Waals surface area contributed by atoms with E-state index in [0.29, 0.717) is 13.0 Å². The van der Waals surface area contributed by atoms with Gasteiger partial charge in [0.05, 0.1) is 39.0 Å². The first-order valence-electron chi connectivity index (χ1n) is 7.81. The van der Waals surface area contributed by atoms with Crippen LogP contribution in [-0.2, 0) is 10.1 Å². The minimum Gasteiger partial charge on any atom is -0.395 e. The molecule has 0 saturated carbocycles. The Morgan fingerprint density at radius 1 is 0.955 bits per heavy atom. The van der Waals surface area contributed by atoms with Gasteiger partial charge < -0.3 is 19.4 Å². The molecule has 0 rings (SSSR count). The SMILES string of the molecule is CN(C)CC[N+](C)(CCCN(C)CCO)CCCS(=O)(=O)O. The van der Waals surface area contributed by atoms with E-state index in [-0.39, 0.29) is 12.4 Å². The van der Waals surface area contributed by atoms with Crippen LogP contribution >= 0.6 is 0 Å². The molecule has 0 spiro atoms. The average Bonchev–Trinajstić information content (AvgIpc) is 2.35. The van der Waals surface area contributed by atoms with Crippen LogP contribution in [0.1, 0.15) is 12.8 Å². The van der Waals surface area contributed by atoms with Gasteiger partial charge in [-0.25, -0.2) is 0 Å². The molecule has 1 unspecified atom stereocenters. The van der Waals surface area contributed by atoms with Crippen molar-refractivity contribution in [3.63, 3.8) is 0 Å². The predicted octanol–water partition coefficient (Wildman–Crippen LogP) is -0.413. The number of aliphatic hydroxyl groups is 1. The fraction of sp³-hybridized carbons (Fsp3) is 1.00. The molecule has 1 atom stereocenters. The Morgan fingerprint density at radius 2 is 1.55 bits per heavy atom. The number of hydrogen-bond donors (Lipinski definition) is 2. The maximum atomic E-state index is 10.9. The molecular formula is C14H34N3O4S+. The zero-order chi connectivity index (χ0) is 17.2. The summed E-state index contributed by atoms with van der Waals surface area (Å²) in [5.74, 6) is -0.173. The molecular weight excluding hydrogens is 306 g/mol. The summed E-state index contributed by atoms with van der Waals surface area (Å²) in [5.41, 5.74) is 0. The zero-order valence-corrected chi connectivity index (χ0v) is 15.3. The van der Waals surface area contributed by atoms with Crippen molar-refractivity contribution in [1.82, 2.24) is 9.80 Å². The van der Waals surface area contributed by atoms with Crippen molar-refractivity contribution in [2.75, 3.05) is 79.8 Å². The van der Waals surface area contributed by atoms with Gasteiger partial charge in [-0.2, -0.15) is 8.42 Å². The maximum absolute atomic E-state index is 10.9. The van der Waals surface area contributed by atoms with E-state index in [1.165, 1.54) is 0 Å². The molecule has 134 valence electrons. The molecule has 0 aliphatic carbocycles. The summed E-state index contributed by atoms with van der Waals surface area (Å²) in [5, 5.41) is 8.90. The van der Waals surface area contributed by atoms with Gasteiger partial charge in [-0.15, -0.1) is 0 Å². The number of nitrogens with zero attached hydrogens (tertiary/aromatic N) is 3. The van der Waals surface area contributed by atoms with E-state index in [2.05, 4.69) is 16.8 Å². The Hall–Kier alpha value is -0.250. The van der Waals surface area contributed by atoms with Crippen LogP contribution in [0.2, 0.25) is 0 Å². The predicted molar refractivity (Wildman–Crippen MR) is 89.6 cm³/mol. The van der Waals surface area contributed by atoms with E-state index in [1.807, 2.05) is 21.1 Å². The second-order valence-corrected chi connectivity index (χ2v) is 8.19. The highest BCUT2D eigenvalue weighted by Crippen LogP contribution is 2.08. The van der Waals surface area contributed by atoms with Crippen molar-refractivity contribution < 1.29 is 22.6 Å². The van der Waals surface area contributed by atoms with Crippen LogP contribution in [0.25, 0.3) is 0 Å². The fourth-order valence-corrected chi connectivity index (χ4v) is 2.90. The minimum atomic E-state index is -3.88. The second-order valence-electron chi connectivity index (χ2n) is 6.61. The first-order chi connectivity index (χ1) is 10.1. The molecule has 0 amide bonds. The molecule has 0 saturated heterocycles. The van der Waals surface area contributed by atoms with Gasteiger partial charge >= 0.3 is 0 Å². The zero-order valence-electron chi connectivity index (χ0n) is 14.5. The van der Waals surface area contributed by atoms with Crippen molar-refractivity contribution in [3.05, 3.63) is 0 Å². The summed E-state index contributed by atoms with van der Waals surface area (Å²) in [6.45, 7) is 5.32. The molecule has 0 aromatic heterocycles. The van der Waals surface area contributed by atoms with Crippen LogP contribution < -0.4 is 0 Å². The van der Waals surface area contributed by atoms with Crippen LogP contribution in [-0.4, -0.2) is 112 Å². The van der Waals surface area contributed by atoms with Gasteiger partial charge in [-0.1, -0.05) is 0 Å². The lowest BCUT2D eigenvalue weighted by Crippen LogP contribution is -2.50. The van der Waals surface area contributed by atoms with Gasteiger partial charge in [-0.3, -0.25) is 4.55 Å². The van der Waals surface area contributed by atoms with Crippen molar-refractivity contribution in [2.45, 2.75) is 12.8 Å². The van der Waals surface area contributed by atoms with Gasteiger partial charge in [0.15, 0.2) is 0 Å². The number of hydrogen-bond acceptors (Lipinski definition) is 5. The van der Waals surface area contributed by atoms with E-state index in [4.69, 9.17) is 9.66 Å². The lowest BCUT2D eigenvalue weighted by Gasteiger charge is -2.36. The molecule has 0 fully saturated rings. The third-order valence-electron chi connectivity index (χ3n) is 3.91. The molecule has 8 heteroatoms. The fourth-order valence-electron chi connectivity index (χ4n) is 2.41. The number of rotatable bonds is 13. The van der Waals surface area contributed by atoms with E-state index < -0.39 is 10.1 Å². The summed E-state index contributed by atoms with van der Waals surface area (Å²) in [4.78, 5) is 4.21. The smallest absolute Gasteiger partial charge is 0.265 e. The molecule has 0 aromatic rings. The Bertz CT molecular complexity index is 390. The van der Waals surface area contributed by atoms with E-state index >= 15 is 0 Å². The van der Waals surface area contributed by atoms with E-state index in [9.17, 15) is 8.42 Å². The van der Waals surface area contributed by atoms with E-state index in [0.717, 1.165) is 43.6 Å². The summed E-state index contributed by atoms with van der Waals surface area (Å²) < 4.78 is 31.4. The molecule has 22 heavy (non-hydrogen) atoms. The van der Waals surface area contributed by atoms with Crippen LogP contribution in [0.3, 0.4) is 0 Å². The first kappa shape index (κ1) is 21.8. The Labute approximate surface area is 135 Å². The standard InChI is InChI=1S/C14H33N3O4S/c1-15(2)8-12-17(4,11-6-14-22(19,20)21)10-5-7-16(3)9-13-18/h18H,5-14H2,1-4H3/p+1. The lowest BCUT2D eigenvalue weighted by molar-refractivity contribution is -0.909. The highest BCUT2D eigenvalue weighted by molar-refractivity contribution is 7.85. The molecule has 2 N–H and O–H groups in total. The van der Waals surface area contributed by atoms with Crippen molar-refractivity contribution in [1.29, 1.82) is 0 Å². The van der Waals surface area contributed by atoms with Gasteiger partial charge in [0, 0.05) is 32.5 Å². The summed E-state index contributed by atoms with van der Waals surface area (Å²) in [6.07, 6.45) is 1.46. The number of likely N-dealkylation sites (N-methyl/N-ethyl adjacent to an activating group) is 3. The monoisotopic (exact) mass is 340 g/mol. The second kappa shape index (κ2) is 10.5. The minimum absolute atomic E-state index is 0.164. The molecule has 0 heterocycles. The Balaban J connectivity index is 4.38. The van der Waals surface area contributed by atoms with Gasteiger partial charge in [0.2, 0.25) is 0 Å². The van der Waals surface area contributed by atoms with Crippen molar-refractivity contribution >= 4 is 10.1 Å². The van der Waals surface area contributed by atoms with Crippen molar-refractivity contribution in [3.8, 4) is 0 Å². The third kappa shape index (κ3) is 12.3. The van der Waals surface area contributed by atoms with Crippen LogP contribution in [0.15, 0.2) is 0 Å². The molecule has 0 aliphatic rings. The van der Waals surface area contributed by atoms with E-state index in [1.54, 1.807) is 0 Å². The molecule has 0 radical (unpaired) electrons. The molecule has 0 bridgehead atoms. The number of aliphatic hydroxyl groups excluding tert-OH is 1. The van der Waals surface area contributed by atoms with Crippen LogP contribution in [0, 0.1) is 0 Å². The maximum Gasteiger partial charge on any atom is 0.265 e. The lowest BCUT2D eigenvalue weighted by atomic mass is 10.2. The highest BCUT2D eigenvalue weighted by atomic mass is 32.2. The summed E-state index contributed by atoms with van der Waals surface area (Å²) in [7, 11) is 4.30. The normalized spacial score (nSPS) is 15.5. The summed E-state index contributed by atoms with van der Waals surface area (Å²) >= 11 is 0. The van der Waals surface area contributed by atoms with Crippen LogP contribution in [0.4, 0.5) is 0 Å². The average molecular weight is 341 g/mol. The van der Waals surface area contributed by atoms with Gasteiger partial charge in [-0.05, 0) is 21.1 Å². The highest BCUT2D eigenvalue weighted by Gasteiger charge is 2.22. The Morgan fingerprint density at radius 3 is 2.05 bits per heavy atom. The van der Waals surface area contributed by atoms with Crippen LogP contribution in [0.5, 0.6) is 0 Å². The third-order valence-corrected chi connectivity index (χ3v) is 4.71. The van der Waals surface area contributed by atoms with Gasteiger partial charge in [0.25, 0.3) is 10.1 Å². The topological polar surface area (TPSA) is 81.1 Å².